The van der Waals surface area contributed by atoms with Gasteiger partial charge < -0.3 is 9.84 Å². The number of fused-ring (bicyclic) bond motifs is 2. The van der Waals surface area contributed by atoms with Crippen molar-refractivity contribution in [2.75, 3.05) is 6.61 Å². The van der Waals surface area contributed by atoms with Crippen LogP contribution in [0, 0.1) is 0 Å². The Kier molecular flexibility index (Phi) is 0.932. The molecule has 1 aromatic rings. The first kappa shape index (κ1) is 6.35. The Bertz CT molecular complexity index is 340. The summed E-state index contributed by atoms with van der Waals surface area (Å²) in [6.07, 6.45) is 2.33. The van der Waals surface area contributed by atoms with Gasteiger partial charge in [-0.3, -0.25) is 0 Å². The van der Waals surface area contributed by atoms with Crippen molar-refractivity contribution < 1.29 is 9.84 Å². The van der Waals surface area contributed by atoms with Gasteiger partial charge in [0.25, 0.3) is 0 Å². The van der Waals surface area contributed by atoms with Crippen molar-refractivity contribution in [2.45, 2.75) is 18.3 Å². The largest absolute Gasteiger partial charge is 0.508 e. The summed E-state index contributed by atoms with van der Waals surface area (Å²) in [5, 5.41) is 9.63. The minimum absolute atomic E-state index is 0.195. The fraction of sp³-hybridized carbons (Fsp3) is 0.400. The van der Waals surface area contributed by atoms with Crippen molar-refractivity contribution in [1.82, 2.24) is 0 Å². The Morgan fingerprint density at radius 2 is 2.17 bits per heavy atom. The molecule has 1 aromatic carbocycles. The van der Waals surface area contributed by atoms with Gasteiger partial charge in [-0.25, -0.2) is 0 Å². The van der Waals surface area contributed by atoms with Crippen LogP contribution in [0.2, 0.25) is 0 Å². The van der Waals surface area contributed by atoms with E-state index in [0.29, 0.717) is 5.75 Å². The monoisotopic (exact) mass is 162 g/mol. The Morgan fingerprint density at radius 1 is 1.33 bits per heavy atom. The van der Waals surface area contributed by atoms with E-state index in [2.05, 4.69) is 0 Å². The Balaban J connectivity index is 2.26. The van der Waals surface area contributed by atoms with E-state index in [1.165, 1.54) is 0 Å². The maximum atomic E-state index is 9.63. The highest BCUT2D eigenvalue weighted by molar-refractivity contribution is 5.54. The van der Waals surface area contributed by atoms with Gasteiger partial charge in [-0.15, -0.1) is 0 Å². The molecule has 0 unspecified atom stereocenters. The summed E-state index contributed by atoms with van der Waals surface area (Å²) in [6.45, 7) is 0.764. The third kappa shape index (κ3) is 0.607. The number of ether oxygens (including phenoxy) is 1. The molecule has 1 saturated carbocycles. The van der Waals surface area contributed by atoms with Crippen LogP contribution in [-0.4, -0.2) is 11.7 Å². The Morgan fingerprint density at radius 3 is 2.92 bits per heavy atom. The number of hydrogen-bond acceptors (Lipinski definition) is 2. The van der Waals surface area contributed by atoms with Crippen LogP contribution in [0.4, 0.5) is 0 Å². The fourth-order valence-corrected chi connectivity index (χ4v) is 2.01. The van der Waals surface area contributed by atoms with Gasteiger partial charge in [0.05, 0.1) is 6.61 Å². The molecule has 0 atom stereocenters. The van der Waals surface area contributed by atoms with Crippen molar-refractivity contribution in [2.24, 2.45) is 0 Å². The van der Waals surface area contributed by atoms with Gasteiger partial charge >= 0.3 is 0 Å². The van der Waals surface area contributed by atoms with E-state index < -0.39 is 0 Å². The molecule has 3 rings (SSSR count). The normalized spacial score (nSPS) is 22.0. The highest BCUT2D eigenvalue weighted by Crippen LogP contribution is 2.58. The number of phenolic OH excluding ortho intramolecular Hbond substituents is 1. The smallest absolute Gasteiger partial charge is 0.126 e. The number of hydrogen-bond donors (Lipinski definition) is 1. The zero-order valence-corrected chi connectivity index (χ0v) is 6.71. The highest BCUT2D eigenvalue weighted by Gasteiger charge is 2.52. The molecule has 62 valence electrons. The van der Waals surface area contributed by atoms with E-state index in [4.69, 9.17) is 4.74 Å². The minimum atomic E-state index is 0.195. The first-order chi connectivity index (χ1) is 5.82. The molecule has 0 aromatic heterocycles. The molecule has 1 spiro atoms. The summed E-state index contributed by atoms with van der Waals surface area (Å²) in [5.41, 5.74) is 1.24. The first-order valence-corrected chi connectivity index (χ1v) is 4.27. The number of rotatable bonds is 0. The second kappa shape index (κ2) is 1.76. The average Bonchev–Trinajstić information content (AvgIpc) is 2.71. The van der Waals surface area contributed by atoms with Crippen molar-refractivity contribution in [3.8, 4) is 11.5 Å². The lowest BCUT2D eigenvalue weighted by atomic mass is 9.98. The molecule has 1 aliphatic heterocycles. The lowest BCUT2D eigenvalue weighted by Gasteiger charge is -2.04. The van der Waals surface area contributed by atoms with Crippen LogP contribution < -0.4 is 4.74 Å². The molecule has 1 fully saturated rings. The van der Waals surface area contributed by atoms with Gasteiger partial charge in [0.15, 0.2) is 0 Å². The average molecular weight is 162 g/mol. The van der Waals surface area contributed by atoms with E-state index in [1.54, 1.807) is 6.07 Å². The fourth-order valence-electron chi connectivity index (χ4n) is 2.01. The van der Waals surface area contributed by atoms with Crippen LogP contribution >= 0.6 is 0 Å². The van der Waals surface area contributed by atoms with E-state index >= 15 is 0 Å². The summed E-state index contributed by atoms with van der Waals surface area (Å²) >= 11 is 0. The van der Waals surface area contributed by atoms with E-state index in [1.807, 2.05) is 12.1 Å². The summed E-state index contributed by atoms with van der Waals surface area (Å²) in [4.78, 5) is 0. The molecule has 1 N–H and O–H groups in total. The Labute approximate surface area is 70.8 Å². The Hall–Kier alpha value is -1.18. The molecule has 0 radical (unpaired) electrons. The lowest BCUT2D eigenvalue weighted by Crippen LogP contribution is -2.07. The summed E-state index contributed by atoms with van der Waals surface area (Å²) in [7, 11) is 0. The van der Waals surface area contributed by atoms with Crippen LogP contribution in [-0.2, 0) is 5.41 Å². The van der Waals surface area contributed by atoms with Gasteiger partial charge in [0.1, 0.15) is 11.5 Å². The zero-order valence-electron chi connectivity index (χ0n) is 6.71. The summed E-state index contributed by atoms with van der Waals surface area (Å²) < 4.78 is 5.50. The molecule has 0 saturated heterocycles. The second-order valence-electron chi connectivity index (χ2n) is 3.72. The van der Waals surface area contributed by atoms with Crippen LogP contribution in [0.3, 0.4) is 0 Å². The van der Waals surface area contributed by atoms with Crippen molar-refractivity contribution >= 4 is 0 Å². The van der Waals surface area contributed by atoms with Gasteiger partial charge in [-0.05, 0) is 25.0 Å². The number of benzene rings is 1. The van der Waals surface area contributed by atoms with Crippen LogP contribution in [0.1, 0.15) is 18.4 Å². The molecule has 1 aliphatic carbocycles. The third-order valence-electron chi connectivity index (χ3n) is 2.89. The predicted molar refractivity (Wildman–Crippen MR) is 44.5 cm³/mol. The van der Waals surface area contributed by atoms with Crippen LogP contribution in [0.5, 0.6) is 11.5 Å². The minimum Gasteiger partial charge on any atom is -0.508 e. The topological polar surface area (TPSA) is 29.5 Å². The molecule has 0 bridgehead atoms. The molecule has 1 heterocycles. The van der Waals surface area contributed by atoms with Gasteiger partial charge in [-0.2, -0.15) is 0 Å². The molecule has 2 heteroatoms. The number of aromatic hydroxyl groups is 1. The highest BCUT2D eigenvalue weighted by atomic mass is 16.5. The SMILES string of the molecule is Oc1cccc2c1C1(CC1)CO2. The maximum absolute atomic E-state index is 9.63. The summed E-state index contributed by atoms with van der Waals surface area (Å²) in [6, 6.07) is 5.51. The van der Waals surface area contributed by atoms with E-state index in [-0.39, 0.29) is 5.41 Å². The second-order valence-corrected chi connectivity index (χ2v) is 3.72. The predicted octanol–water partition coefficient (Wildman–Crippen LogP) is 1.82. The molecule has 2 aliphatic rings. The standard InChI is InChI=1S/C10H10O2/c11-7-2-1-3-8-9(7)10(4-5-10)6-12-8/h1-3,11H,4-6H2. The maximum Gasteiger partial charge on any atom is 0.126 e. The van der Waals surface area contributed by atoms with Gasteiger partial charge in [-0.1, -0.05) is 6.07 Å². The lowest BCUT2D eigenvalue weighted by molar-refractivity contribution is 0.323. The van der Waals surface area contributed by atoms with Gasteiger partial charge in [0, 0.05) is 11.0 Å². The van der Waals surface area contributed by atoms with Crippen molar-refractivity contribution in [3.63, 3.8) is 0 Å². The number of phenols is 1. The first-order valence-electron chi connectivity index (χ1n) is 4.27. The van der Waals surface area contributed by atoms with Crippen molar-refractivity contribution in [3.05, 3.63) is 23.8 Å². The van der Waals surface area contributed by atoms with Crippen LogP contribution in [0.25, 0.3) is 0 Å². The quantitative estimate of drug-likeness (QED) is 0.630. The molecular weight excluding hydrogens is 152 g/mol. The molecular formula is C10H10O2. The van der Waals surface area contributed by atoms with E-state index in [0.717, 1.165) is 30.8 Å². The summed E-state index contributed by atoms with van der Waals surface area (Å²) in [5.74, 6) is 1.29. The van der Waals surface area contributed by atoms with E-state index in [9.17, 15) is 5.11 Å². The van der Waals surface area contributed by atoms with Crippen molar-refractivity contribution in [1.29, 1.82) is 0 Å². The molecule has 0 amide bonds. The van der Waals surface area contributed by atoms with Crippen LogP contribution in [0.15, 0.2) is 18.2 Å². The molecule has 12 heavy (non-hydrogen) atoms. The van der Waals surface area contributed by atoms with Gasteiger partial charge in [0.2, 0.25) is 0 Å². The zero-order chi connectivity index (χ0) is 8.18. The third-order valence-corrected chi connectivity index (χ3v) is 2.89. The molecule has 2 nitrogen and oxygen atoms in total.